The van der Waals surface area contributed by atoms with Crippen LogP contribution in [0.1, 0.15) is 23.6 Å². The summed E-state index contributed by atoms with van der Waals surface area (Å²) in [5, 5.41) is 11.4. The van der Waals surface area contributed by atoms with Gasteiger partial charge >= 0.3 is 0 Å². The number of hydrogen-bond donors (Lipinski definition) is 2. The molecule has 2 heterocycles. The van der Waals surface area contributed by atoms with Gasteiger partial charge in [0, 0.05) is 30.2 Å². The third-order valence-electron chi connectivity index (χ3n) is 6.17. The van der Waals surface area contributed by atoms with E-state index in [0.717, 1.165) is 6.54 Å². The van der Waals surface area contributed by atoms with Crippen LogP contribution < -0.4 is 23.8 Å². The number of ketones is 1. The number of hydrogen-bond acceptors (Lipinski definition) is 7. The van der Waals surface area contributed by atoms with Crippen LogP contribution in [0, 0.1) is 0 Å². The van der Waals surface area contributed by atoms with E-state index in [2.05, 4.69) is 0 Å². The highest BCUT2D eigenvalue weighted by Gasteiger charge is 2.47. The number of quaternary nitrogens is 1. The first-order valence-electron chi connectivity index (χ1n) is 11.5. The molecule has 2 aliphatic rings. The van der Waals surface area contributed by atoms with Crippen molar-refractivity contribution in [2.24, 2.45) is 0 Å². The van der Waals surface area contributed by atoms with E-state index in [-0.39, 0.29) is 11.3 Å². The molecule has 0 aliphatic carbocycles. The SMILES string of the molecule is COc1ccc([C@@H]2/C(=C(/O)c3ccc4c(c3)OCCO4)C(=O)C(=O)N2CCC[NH+](C)C)c(OC)c1. The van der Waals surface area contributed by atoms with Crippen LogP contribution in [0.4, 0.5) is 0 Å². The Morgan fingerprint density at radius 1 is 1.06 bits per heavy atom. The van der Waals surface area contributed by atoms with E-state index >= 15 is 0 Å². The number of rotatable bonds is 8. The van der Waals surface area contributed by atoms with Crippen molar-refractivity contribution in [1.82, 2.24) is 4.90 Å². The van der Waals surface area contributed by atoms with E-state index in [1.165, 1.54) is 16.9 Å². The zero-order chi connectivity index (χ0) is 25.1. The number of likely N-dealkylation sites (tertiary alicyclic amines) is 1. The fourth-order valence-electron chi connectivity index (χ4n) is 4.43. The number of carbonyl (C=O) groups is 2. The van der Waals surface area contributed by atoms with E-state index in [1.54, 1.807) is 43.5 Å². The van der Waals surface area contributed by atoms with Gasteiger partial charge in [0.15, 0.2) is 11.5 Å². The maximum Gasteiger partial charge on any atom is 0.295 e. The molecule has 9 heteroatoms. The van der Waals surface area contributed by atoms with Crippen molar-refractivity contribution in [1.29, 1.82) is 0 Å². The number of benzene rings is 2. The maximum absolute atomic E-state index is 13.3. The Hall–Kier alpha value is -3.72. The number of Topliss-reactive ketones (excluding diaryl/α,β-unsaturated/α-hetero) is 1. The monoisotopic (exact) mass is 483 g/mol. The summed E-state index contributed by atoms with van der Waals surface area (Å²) in [6.45, 7) is 2.00. The van der Waals surface area contributed by atoms with Crippen molar-refractivity contribution >= 4 is 17.4 Å². The molecule has 2 N–H and O–H groups in total. The minimum Gasteiger partial charge on any atom is -0.507 e. The van der Waals surface area contributed by atoms with Gasteiger partial charge in [-0.1, -0.05) is 0 Å². The molecule has 0 saturated carbocycles. The molecular weight excluding hydrogens is 452 g/mol. The van der Waals surface area contributed by atoms with Crippen LogP contribution in [0.3, 0.4) is 0 Å². The predicted molar refractivity (Wildman–Crippen MR) is 128 cm³/mol. The topological polar surface area (TPSA) is 99.0 Å². The summed E-state index contributed by atoms with van der Waals surface area (Å²) in [6, 6.07) is 9.33. The second-order valence-corrected chi connectivity index (χ2v) is 8.77. The van der Waals surface area contributed by atoms with Crippen LogP contribution in [0.2, 0.25) is 0 Å². The molecule has 1 fully saturated rings. The number of ether oxygens (including phenoxy) is 4. The van der Waals surface area contributed by atoms with Gasteiger partial charge in [0.25, 0.3) is 11.7 Å². The summed E-state index contributed by atoms with van der Waals surface area (Å²) >= 11 is 0. The molecule has 2 aromatic carbocycles. The second-order valence-electron chi connectivity index (χ2n) is 8.77. The van der Waals surface area contributed by atoms with Crippen molar-refractivity contribution in [2.75, 3.05) is 54.6 Å². The van der Waals surface area contributed by atoms with E-state index in [0.29, 0.717) is 60.3 Å². The smallest absolute Gasteiger partial charge is 0.295 e. The van der Waals surface area contributed by atoms with E-state index in [1.807, 2.05) is 14.1 Å². The van der Waals surface area contributed by atoms with Crippen LogP contribution in [0.15, 0.2) is 42.0 Å². The Morgan fingerprint density at radius 2 is 1.80 bits per heavy atom. The highest BCUT2D eigenvalue weighted by molar-refractivity contribution is 6.46. The molecule has 0 radical (unpaired) electrons. The van der Waals surface area contributed by atoms with Gasteiger partial charge in [-0.05, 0) is 30.3 Å². The van der Waals surface area contributed by atoms with E-state index < -0.39 is 17.7 Å². The first-order valence-corrected chi connectivity index (χ1v) is 11.5. The lowest BCUT2D eigenvalue weighted by atomic mass is 9.94. The number of fused-ring (bicyclic) bond motifs is 1. The van der Waals surface area contributed by atoms with Gasteiger partial charge in [-0.15, -0.1) is 0 Å². The highest BCUT2D eigenvalue weighted by atomic mass is 16.6. The Labute approximate surface area is 204 Å². The van der Waals surface area contributed by atoms with E-state index in [4.69, 9.17) is 18.9 Å². The van der Waals surface area contributed by atoms with E-state index in [9.17, 15) is 14.7 Å². The number of methoxy groups -OCH3 is 2. The lowest BCUT2D eigenvalue weighted by Crippen LogP contribution is -3.05. The van der Waals surface area contributed by atoms with Crippen molar-refractivity contribution in [3.05, 3.63) is 53.1 Å². The Bertz CT molecular complexity index is 1160. The normalized spacial score (nSPS) is 18.8. The van der Waals surface area contributed by atoms with Gasteiger partial charge in [0.05, 0.1) is 46.5 Å². The van der Waals surface area contributed by atoms with Crippen LogP contribution in [0.25, 0.3) is 5.76 Å². The minimum atomic E-state index is -0.818. The fourth-order valence-corrected chi connectivity index (χ4v) is 4.43. The maximum atomic E-state index is 13.3. The lowest BCUT2D eigenvalue weighted by molar-refractivity contribution is -0.858. The minimum absolute atomic E-state index is 0.00680. The van der Waals surface area contributed by atoms with Gasteiger partial charge in [-0.3, -0.25) is 9.59 Å². The molecule has 0 unspecified atom stereocenters. The lowest BCUT2D eigenvalue weighted by Gasteiger charge is -2.27. The molecule has 186 valence electrons. The first-order chi connectivity index (χ1) is 16.8. The molecule has 9 nitrogen and oxygen atoms in total. The van der Waals surface area contributed by atoms with Gasteiger partial charge in [-0.2, -0.15) is 0 Å². The van der Waals surface area contributed by atoms with Crippen LogP contribution in [-0.2, 0) is 9.59 Å². The molecule has 0 aromatic heterocycles. The molecule has 0 spiro atoms. The Morgan fingerprint density at radius 3 is 2.49 bits per heavy atom. The zero-order valence-corrected chi connectivity index (χ0v) is 20.4. The summed E-state index contributed by atoms with van der Waals surface area (Å²) < 4.78 is 22.1. The number of carbonyl (C=O) groups excluding carboxylic acids is 2. The molecule has 35 heavy (non-hydrogen) atoms. The summed E-state index contributed by atoms with van der Waals surface area (Å²) in [7, 11) is 7.12. The number of nitrogens with zero attached hydrogens (tertiary/aromatic N) is 1. The predicted octanol–water partition coefficient (Wildman–Crippen LogP) is 1.43. The average molecular weight is 484 g/mol. The number of aliphatic hydroxyl groups is 1. The van der Waals surface area contributed by atoms with Gasteiger partial charge < -0.3 is 33.9 Å². The first kappa shape index (κ1) is 24.4. The molecule has 1 saturated heterocycles. The van der Waals surface area contributed by atoms with Crippen molar-refractivity contribution < 1.29 is 38.5 Å². The number of amides is 1. The molecule has 0 bridgehead atoms. The fraction of sp³-hybridized carbons (Fsp3) is 0.385. The third kappa shape index (κ3) is 4.77. The third-order valence-corrected chi connectivity index (χ3v) is 6.17. The van der Waals surface area contributed by atoms with Crippen molar-refractivity contribution in [3.8, 4) is 23.0 Å². The quantitative estimate of drug-likeness (QED) is 0.333. The molecular formula is C26H31N2O7+. The molecule has 1 atom stereocenters. The average Bonchev–Trinajstić information content (AvgIpc) is 3.12. The van der Waals surface area contributed by atoms with Crippen molar-refractivity contribution in [3.63, 3.8) is 0 Å². The van der Waals surface area contributed by atoms with Crippen LogP contribution in [-0.4, -0.2) is 76.3 Å². The largest absolute Gasteiger partial charge is 0.507 e. The Kier molecular flexibility index (Phi) is 7.16. The Balaban J connectivity index is 1.84. The van der Waals surface area contributed by atoms with Crippen LogP contribution >= 0.6 is 0 Å². The summed E-state index contributed by atoms with van der Waals surface area (Å²) in [6.07, 6.45) is 0.689. The van der Waals surface area contributed by atoms with Gasteiger partial charge in [0.2, 0.25) is 0 Å². The zero-order valence-electron chi connectivity index (χ0n) is 20.4. The number of nitrogens with one attached hydrogen (secondary N) is 1. The van der Waals surface area contributed by atoms with Gasteiger partial charge in [-0.25, -0.2) is 0 Å². The standard InChI is InChI=1S/C26H30N2O7/c1-27(2)10-5-11-28-23(18-8-7-17(32-3)15-20(18)33-4)22(25(30)26(28)31)24(29)16-6-9-19-21(14-16)35-13-12-34-19/h6-9,14-15,23,29H,5,10-13H2,1-4H3/p+1/b24-22-/t23-/m1/s1. The molecule has 1 amide bonds. The summed E-state index contributed by atoms with van der Waals surface area (Å²) in [5.74, 6) is 0.398. The molecule has 4 rings (SSSR count). The molecule has 2 aromatic rings. The highest BCUT2D eigenvalue weighted by Crippen LogP contribution is 2.44. The summed E-state index contributed by atoms with van der Waals surface area (Å²) in [4.78, 5) is 29.2. The van der Waals surface area contributed by atoms with Gasteiger partial charge in [0.1, 0.15) is 30.5 Å². The van der Waals surface area contributed by atoms with Crippen LogP contribution in [0.5, 0.6) is 23.0 Å². The molecule has 2 aliphatic heterocycles. The number of aliphatic hydroxyl groups excluding tert-OH is 1. The second kappa shape index (κ2) is 10.3. The van der Waals surface area contributed by atoms with Crippen molar-refractivity contribution in [2.45, 2.75) is 12.5 Å². The summed E-state index contributed by atoms with van der Waals surface area (Å²) in [5.41, 5.74) is 0.957.